The molecule has 3 N–H and O–H groups in total. The summed E-state index contributed by atoms with van der Waals surface area (Å²) in [6, 6.07) is 8.30. The summed E-state index contributed by atoms with van der Waals surface area (Å²) in [5.74, 6) is 1.35. The maximum Gasteiger partial charge on any atom is 0.223 e. The summed E-state index contributed by atoms with van der Waals surface area (Å²) in [5.41, 5.74) is 8.34. The number of amides is 1. The van der Waals surface area contributed by atoms with Crippen molar-refractivity contribution in [2.24, 2.45) is 23.5 Å². The predicted molar refractivity (Wildman–Crippen MR) is 94.7 cm³/mol. The fourth-order valence-electron chi connectivity index (χ4n) is 4.49. The highest BCUT2D eigenvalue weighted by Gasteiger charge is 2.40. The van der Waals surface area contributed by atoms with Crippen LogP contribution >= 0.6 is 0 Å². The summed E-state index contributed by atoms with van der Waals surface area (Å²) in [6.07, 6.45) is 8.71. The molecule has 1 aromatic carbocycles. The van der Waals surface area contributed by atoms with Gasteiger partial charge < -0.3 is 11.1 Å². The number of nitrogens with one attached hydrogen (secondary N) is 1. The quantitative estimate of drug-likeness (QED) is 0.892. The van der Waals surface area contributed by atoms with Gasteiger partial charge in [0.25, 0.3) is 0 Å². The van der Waals surface area contributed by atoms with Crippen molar-refractivity contribution in [2.45, 2.75) is 44.7 Å². The highest BCUT2D eigenvalue weighted by Crippen LogP contribution is 2.41. The number of carbonyl (C=O) groups excluding carboxylic acids is 1. The Labute approximate surface area is 147 Å². The Hall–Kier alpha value is -2.21. The van der Waals surface area contributed by atoms with E-state index in [2.05, 4.69) is 15.4 Å². The van der Waals surface area contributed by atoms with Gasteiger partial charge in [-0.1, -0.05) is 18.6 Å². The molecule has 2 aromatic rings. The molecule has 6 heteroatoms. The molecule has 0 radical (unpaired) electrons. The van der Waals surface area contributed by atoms with Gasteiger partial charge >= 0.3 is 0 Å². The molecular weight excluding hydrogens is 314 g/mol. The molecule has 0 aliphatic heterocycles. The van der Waals surface area contributed by atoms with Gasteiger partial charge in [-0.3, -0.25) is 4.79 Å². The Kier molecular flexibility index (Phi) is 4.53. The number of nitrogens with zero attached hydrogens (tertiary/aromatic N) is 3. The van der Waals surface area contributed by atoms with Crippen LogP contribution in [0.15, 0.2) is 36.9 Å². The Morgan fingerprint density at radius 2 is 2.08 bits per heavy atom. The molecule has 2 atom stereocenters. The molecule has 2 bridgehead atoms. The van der Waals surface area contributed by atoms with E-state index in [4.69, 9.17) is 5.73 Å². The van der Waals surface area contributed by atoms with Crippen LogP contribution < -0.4 is 11.1 Å². The van der Waals surface area contributed by atoms with Crippen molar-refractivity contribution in [3.8, 4) is 5.69 Å². The number of carbonyl (C=O) groups is 1. The Morgan fingerprint density at radius 1 is 1.28 bits per heavy atom. The van der Waals surface area contributed by atoms with Crippen LogP contribution in [0.1, 0.15) is 37.7 Å². The zero-order valence-electron chi connectivity index (χ0n) is 14.3. The van der Waals surface area contributed by atoms with Crippen molar-refractivity contribution in [3.63, 3.8) is 0 Å². The summed E-state index contributed by atoms with van der Waals surface area (Å²) in [6.45, 7) is 0.541. The number of benzene rings is 1. The monoisotopic (exact) mass is 339 g/mol. The van der Waals surface area contributed by atoms with Crippen molar-refractivity contribution in [1.29, 1.82) is 0 Å². The van der Waals surface area contributed by atoms with Crippen molar-refractivity contribution in [2.75, 3.05) is 0 Å². The molecule has 6 nitrogen and oxygen atoms in total. The Balaban J connectivity index is 1.37. The first kappa shape index (κ1) is 16.3. The zero-order chi connectivity index (χ0) is 17.2. The number of hydrogen-bond acceptors (Lipinski definition) is 4. The van der Waals surface area contributed by atoms with Crippen LogP contribution in [0.25, 0.3) is 5.69 Å². The number of aromatic nitrogens is 3. The number of nitrogens with two attached hydrogens (primary N) is 1. The molecule has 1 amide bonds. The minimum absolute atomic E-state index is 0.119. The fourth-order valence-corrected chi connectivity index (χ4v) is 4.49. The van der Waals surface area contributed by atoms with E-state index >= 15 is 0 Å². The van der Waals surface area contributed by atoms with Gasteiger partial charge in [-0.15, -0.1) is 0 Å². The molecule has 1 heterocycles. The summed E-state index contributed by atoms with van der Waals surface area (Å²) in [5, 5.41) is 7.26. The zero-order valence-corrected chi connectivity index (χ0v) is 14.3. The second kappa shape index (κ2) is 6.96. The molecule has 2 aliphatic carbocycles. The minimum atomic E-state index is 0.119. The van der Waals surface area contributed by atoms with E-state index in [-0.39, 0.29) is 11.8 Å². The van der Waals surface area contributed by atoms with Crippen molar-refractivity contribution in [3.05, 3.63) is 42.5 Å². The molecule has 2 aliphatic rings. The van der Waals surface area contributed by atoms with Crippen LogP contribution in [0, 0.1) is 17.8 Å². The average molecular weight is 339 g/mol. The van der Waals surface area contributed by atoms with E-state index in [1.165, 1.54) is 25.6 Å². The number of rotatable bonds is 4. The van der Waals surface area contributed by atoms with Crippen molar-refractivity contribution >= 4 is 5.91 Å². The number of fused-ring (bicyclic) bond motifs is 2. The summed E-state index contributed by atoms with van der Waals surface area (Å²) in [7, 11) is 0. The molecule has 2 unspecified atom stereocenters. The van der Waals surface area contributed by atoms with E-state index in [9.17, 15) is 4.79 Å². The van der Waals surface area contributed by atoms with Crippen molar-refractivity contribution < 1.29 is 4.79 Å². The van der Waals surface area contributed by atoms with Crippen molar-refractivity contribution in [1.82, 2.24) is 20.1 Å². The Bertz CT molecular complexity index is 715. The topological polar surface area (TPSA) is 85.8 Å². The summed E-state index contributed by atoms with van der Waals surface area (Å²) in [4.78, 5) is 16.6. The van der Waals surface area contributed by atoms with E-state index in [0.29, 0.717) is 24.4 Å². The van der Waals surface area contributed by atoms with E-state index in [0.717, 1.165) is 24.1 Å². The molecule has 0 saturated heterocycles. The fraction of sp³-hybridized carbons (Fsp3) is 0.526. The van der Waals surface area contributed by atoms with E-state index < -0.39 is 0 Å². The molecule has 132 valence electrons. The van der Waals surface area contributed by atoms with Gasteiger partial charge in [0.1, 0.15) is 12.7 Å². The van der Waals surface area contributed by atoms with Gasteiger partial charge in [-0.25, -0.2) is 9.67 Å². The third-order valence-corrected chi connectivity index (χ3v) is 5.84. The standard InChI is InChI=1S/C19H25N5O/c20-18-14-4-2-5-15(18)9-16(8-14)19(25)22-10-13-3-1-6-17(7-13)24-12-21-11-23-24/h1,3,6-7,11-12,14-16,18H,2,4-5,8-10,20H2,(H,22,25). The van der Waals surface area contributed by atoms with Crippen LogP contribution in [0.5, 0.6) is 0 Å². The molecule has 2 fully saturated rings. The van der Waals surface area contributed by atoms with Crippen LogP contribution in [-0.2, 0) is 11.3 Å². The van der Waals surface area contributed by atoms with Gasteiger partial charge in [0.2, 0.25) is 5.91 Å². The lowest BCUT2D eigenvalue weighted by molar-refractivity contribution is -0.128. The predicted octanol–water partition coefficient (Wildman–Crippen LogP) is 2.04. The molecule has 4 rings (SSSR count). The molecule has 2 saturated carbocycles. The van der Waals surface area contributed by atoms with E-state index in [1.54, 1.807) is 11.0 Å². The first-order chi connectivity index (χ1) is 12.2. The highest BCUT2D eigenvalue weighted by molar-refractivity contribution is 5.78. The van der Waals surface area contributed by atoms with Gasteiger partial charge in [0, 0.05) is 18.5 Å². The SMILES string of the molecule is NC1C2CCCC1CC(C(=O)NCc1cccc(-n3cncn3)c1)C2. The second-order valence-corrected chi connectivity index (χ2v) is 7.42. The van der Waals surface area contributed by atoms with Crippen LogP contribution in [0.3, 0.4) is 0 Å². The third kappa shape index (κ3) is 3.44. The lowest BCUT2D eigenvalue weighted by Crippen LogP contribution is -2.49. The van der Waals surface area contributed by atoms with Crippen LogP contribution in [0.4, 0.5) is 0 Å². The first-order valence-corrected chi connectivity index (χ1v) is 9.18. The van der Waals surface area contributed by atoms with Gasteiger partial charge in [0.15, 0.2) is 0 Å². The third-order valence-electron chi connectivity index (χ3n) is 5.84. The average Bonchev–Trinajstić information content (AvgIpc) is 3.14. The maximum absolute atomic E-state index is 12.6. The summed E-state index contributed by atoms with van der Waals surface area (Å²) >= 11 is 0. The van der Waals surface area contributed by atoms with Gasteiger partial charge in [-0.05, 0) is 55.2 Å². The smallest absolute Gasteiger partial charge is 0.223 e. The van der Waals surface area contributed by atoms with Gasteiger partial charge in [-0.2, -0.15) is 5.10 Å². The minimum Gasteiger partial charge on any atom is -0.352 e. The lowest BCUT2D eigenvalue weighted by atomic mass is 9.65. The Morgan fingerprint density at radius 3 is 2.80 bits per heavy atom. The van der Waals surface area contributed by atoms with Gasteiger partial charge in [0.05, 0.1) is 5.69 Å². The molecular formula is C19H25N5O. The largest absolute Gasteiger partial charge is 0.352 e. The summed E-state index contributed by atoms with van der Waals surface area (Å²) < 4.78 is 1.72. The maximum atomic E-state index is 12.6. The highest BCUT2D eigenvalue weighted by atomic mass is 16.1. The molecule has 1 aromatic heterocycles. The van der Waals surface area contributed by atoms with Crippen LogP contribution in [0.2, 0.25) is 0 Å². The normalized spacial score (nSPS) is 28.5. The van der Waals surface area contributed by atoms with E-state index in [1.807, 2.05) is 24.3 Å². The van der Waals surface area contributed by atoms with Crippen LogP contribution in [-0.4, -0.2) is 26.7 Å². The number of hydrogen-bond donors (Lipinski definition) is 2. The second-order valence-electron chi connectivity index (χ2n) is 7.42. The molecule has 0 spiro atoms. The molecule has 25 heavy (non-hydrogen) atoms. The first-order valence-electron chi connectivity index (χ1n) is 9.18. The lowest BCUT2D eigenvalue weighted by Gasteiger charge is -2.43.